The molecule has 0 fully saturated rings. The molecule has 1 rings (SSSR count). The Morgan fingerprint density at radius 3 is 3.00 bits per heavy atom. The van der Waals surface area contributed by atoms with Crippen LogP contribution in [0, 0.1) is 11.8 Å². The van der Waals surface area contributed by atoms with Crippen molar-refractivity contribution in [2.45, 2.75) is 13.5 Å². The van der Waals surface area contributed by atoms with Crippen molar-refractivity contribution in [1.82, 2.24) is 9.97 Å². The van der Waals surface area contributed by atoms with Crippen molar-refractivity contribution >= 4 is 5.69 Å². The molecule has 1 heterocycles. The van der Waals surface area contributed by atoms with Crippen molar-refractivity contribution in [1.29, 1.82) is 0 Å². The van der Waals surface area contributed by atoms with E-state index in [1.165, 1.54) is 13.3 Å². The van der Waals surface area contributed by atoms with Gasteiger partial charge in [0.25, 0.3) is 0 Å². The van der Waals surface area contributed by atoms with Gasteiger partial charge in [0.05, 0.1) is 18.5 Å². The van der Waals surface area contributed by atoms with Crippen LogP contribution in [0.4, 0.5) is 5.69 Å². The predicted octanol–water partition coefficient (Wildman–Crippen LogP) is 1.33. The fourth-order valence-corrected chi connectivity index (χ4v) is 0.830. The van der Waals surface area contributed by atoms with Crippen LogP contribution in [0.25, 0.3) is 0 Å². The minimum Gasteiger partial charge on any atom is -0.378 e. The second-order valence-corrected chi connectivity index (χ2v) is 2.27. The molecule has 12 heavy (non-hydrogen) atoms. The summed E-state index contributed by atoms with van der Waals surface area (Å²) < 4.78 is 4.84. The van der Waals surface area contributed by atoms with Gasteiger partial charge >= 0.3 is 0 Å². The summed E-state index contributed by atoms with van der Waals surface area (Å²) in [6.07, 6.45) is 1.39. The Bertz CT molecular complexity index is 288. The van der Waals surface area contributed by atoms with Crippen LogP contribution >= 0.6 is 0 Å². The van der Waals surface area contributed by atoms with Gasteiger partial charge in [0.2, 0.25) is 0 Å². The van der Waals surface area contributed by atoms with Crippen LogP contribution in [-0.4, -0.2) is 17.1 Å². The van der Waals surface area contributed by atoms with Gasteiger partial charge in [0.1, 0.15) is 11.5 Å². The van der Waals surface area contributed by atoms with Crippen molar-refractivity contribution in [3.8, 4) is 0 Å². The molecule has 0 radical (unpaired) electrons. The third-order valence-electron chi connectivity index (χ3n) is 1.35. The number of methoxy groups -OCH3 is 1. The smallest absolute Gasteiger partial charge is 0.150 e. The fraction of sp³-hybridized carbons (Fsp3) is 0.429. The minimum atomic E-state index is 0.238. The topological polar surface area (TPSA) is 64.4 Å². The largest absolute Gasteiger partial charge is 0.378 e. The first kappa shape index (κ1) is 8.73. The van der Waals surface area contributed by atoms with Crippen LogP contribution in [0.2, 0.25) is 0 Å². The summed E-state index contributed by atoms with van der Waals surface area (Å²) in [7, 11) is 1.53. The zero-order chi connectivity index (χ0) is 8.97. The lowest BCUT2D eigenvalue weighted by atomic mass is 10.3. The summed E-state index contributed by atoms with van der Waals surface area (Å²) in [6, 6.07) is 0. The number of hydrogen-bond donors (Lipinski definition) is 0. The fourth-order valence-electron chi connectivity index (χ4n) is 0.830. The van der Waals surface area contributed by atoms with Gasteiger partial charge in [-0.3, -0.25) is 0 Å². The molecule has 0 saturated carbocycles. The summed E-state index contributed by atoms with van der Waals surface area (Å²) in [4.78, 5) is 18.1. The molecule has 0 amide bonds. The van der Waals surface area contributed by atoms with E-state index in [-0.39, 0.29) is 12.3 Å². The summed E-state index contributed by atoms with van der Waals surface area (Å²) in [5.74, 6) is 0.606. The normalized spacial score (nSPS) is 9.83. The number of aryl methyl sites for hydroxylation is 1. The van der Waals surface area contributed by atoms with Gasteiger partial charge < -0.3 is 4.74 Å². The highest BCUT2D eigenvalue weighted by molar-refractivity contribution is 5.38. The zero-order valence-corrected chi connectivity index (χ0v) is 6.94. The third kappa shape index (κ3) is 1.82. The molecule has 64 valence electrons. The van der Waals surface area contributed by atoms with E-state index in [2.05, 4.69) is 15.1 Å². The molecule has 5 heteroatoms. The van der Waals surface area contributed by atoms with E-state index in [1.807, 2.05) is 0 Å². The number of aromatic nitrogens is 2. The minimum absolute atomic E-state index is 0.238. The third-order valence-corrected chi connectivity index (χ3v) is 1.35. The molecule has 5 nitrogen and oxygen atoms in total. The maximum absolute atomic E-state index is 10.2. The maximum atomic E-state index is 10.2. The number of nitroso groups, excluding NO2 is 1. The van der Waals surface area contributed by atoms with E-state index < -0.39 is 0 Å². The van der Waals surface area contributed by atoms with E-state index >= 15 is 0 Å². The molecule has 0 aromatic carbocycles. The summed E-state index contributed by atoms with van der Waals surface area (Å²) >= 11 is 0. The number of ether oxygens (including phenoxy) is 1. The molecular formula is C7H9N3O2. The van der Waals surface area contributed by atoms with Gasteiger partial charge in [0, 0.05) is 7.11 Å². The zero-order valence-electron chi connectivity index (χ0n) is 6.94. The van der Waals surface area contributed by atoms with Crippen molar-refractivity contribution in [3.05, 3.63) is 22.6 Å². The van der Waals surface area contributed by atoms with Gasteiger partial charge in [-0.25, -0.2) is 9.97 Å². The molecule has 0 aliphatic rings. The molecule has 0 aliphatic heterocycles. The average Bonchev–Trinajstić information content (AvgIpc) is 2.05. The highest BCUT2D eigenvalue weighted by Gasteiger charge is 2.04. The summed E-state index contributed by atoms with van der Waals surface area (Å²) in [5, 5.41) is 2.78. The Labute approximate surface area is 69.8 Å². The Balaban J connectivity index is 3.03. The molecule has 0 unspecified atom stereocenters. The monoisotopic (exact) mass is 167 g/mol. The average molecular weight is 167 g/mol. The second-order valence-electron chi connectivity index (χ2n) is 2.27. The summed E-state index contributed by atoms with van der Waals surface area (Å²) in [6.45, 7) is 2.03. The van der Waals surface area contributed by atoms with E-state index in [1.54, 1.807) is 6.92 Å². The molecule has 0 atom stereocenters. The standard InChI is InChI=1S/C7H9N3O2/c1-5-8-3-6(10-11)7(9-5)4-12-2/h3H,4H2,1-2H3. The van der Waals surface area contributed by atoms with Crippen LogP contribution in [-0.2, 0) is 11.3 Å². The van der Waals surface area contributed by atoms with Crippen LogP contribution < -0.4 is 0 Å². The van der Waals surface area contributed by atoms with Gasteiger partial charge in [-0.15, -0.1) is 4.91 Å². The first-order valence-corrected chi connectivity index (χ1v) is 3.42. The molecule has 0 N–H and O–H groups in total. The van der Waals surface area contributed by atoms with Crippen LogP contribution in [0.3, 0.4) is 0 Å². The van der Waals surface area contributed by atoms with Crippen LogP contribution in [0.1, 0.15) is 11.5 Å². The van der Waals surface area contributed by atoms with E-state index in [0.29, 0.717) is 11.5 Å². The molecule has 0 saturated heterocycles. The van der Waals surface area contributed by atoms with E-state index in [9.17, 15) is 4.91 Å². The molecule has 0 aliphatic carbocycles. The van der Waals surface area contributed by atoms with E-state index in [0.717, 1.165) is 0 Å². The summed E-state index contributed by atoms with van der Waals surface area (Å²) in [5.41, 5.74) is 0.766. The number of nitrogens with zero attached hydrogens (tertiary/aromatic N) is 3. The predicted molar refractivity (Wildman–Crippen MR) is 42.9 cm³/mol. The Morgan fingerprint density at radius 1 is 1.67 bits per heavy atom. The van der Waals surface area contributed by atoms with Crippen molar-refractivity contribution in [2.75, 3.05) is 7.11 Å². The Hall–Kier alpha value is -1.36. The Morgan fingerprint density at radius 2 is 2.42 bits per heavy atom. The highest BCUT2D eigenvalue weighted by Crippen LogP contribution is 2.15. The highest BCUT2D eigenvalue weighted by atomic mass is 16.5. The molecule has 1 aromatic rings. The van der Waals surface area contributed by atoms with Gasteiger partial charge in [0.15, 0.2) is 0 Å². The van der Waals surface area contributed by atoms with Gasteiger partial charge in [-0.1, -0.05) is 0 Å². The maximum Gasteiger partial charge on any atom is 0.150 e. The lowest BCUT2D eigenvalue weighted by molar-refractivity contribution is 0.181. The molecule has 1 aromatic heterocycles. The quantitative estimate of drug-likeness (QED) is 0.637. The lowest BCUT2D eigenvalue weighted by Crippen LogP contribution is -1.96. The van der Waals surface area contributed by atoms with E-state index in [4.69, 9.17) is 4.74 Å². The number of hydrogen-bond acceptors (Lipinski definition) is 5. The SMILES string of the molecule is COCc1nc(C)ncc1N=O. The van der Waals surface area contributed by atoms with Crippen molar-refractivity contribution in [3.63, 3.8) is 0 Å². The first-order chi connectivity index (χ1) is 5.77. The van der Waals surface area contributed by atoms with Crippen molar-refractivity contribution < 1.29 is 4.74 Å². The van der Waals surface area contributed by atoms with Crippen LogP contribution in [0.5, 0.6) is 0 Å². The molecule has 0 bridgehead atoms. The molecular weight excluding hydrogens is 158 g/mol. The second kappa shape index (κ2) is 3.87. The van der Waals surface area contributed by atoms with Gasteiger partial charge in [-0.05, 0) is 12.1 Å². The molecule has 0 spiro atoms. The number of rotatable bonds is 3. The first-order valence-electron chi connectivity index (χ1n) is 3.42. The van der Waals surface area contributed by atoms with Crippen LogP contribution in [0.15, 0.2) is 11.4 Å². The van der Waals surface area contributed by atoms with Crippen molar-refractivity contribution in [2.24, 2.45) is 5.18 Å². The lowest BCUT2D eigenvalue weighted by Gasteiger charge is -2.00. The van der Waals surface area contributed by atoms with Gasteiger partial charge in [-0.2, -0.15) is 0 Å². The Kier molecular flexibility index (Phi) is 2.82.